The van der Waals surface area contributed by atoms with E-state index in [1.54, 1.807) is 11.8 Å². The molecule has 0 saturated heterocycles. The van der Waals surface area contributed by atoms with Gasteiger partial charge in [0.25, 0.3) is 0 Å². The van der Waals surface area contributed by atoms with Crippen LogP contribution in [0.2, 0.25) is 0 Å². The van der Waals surface area contributed by atoms with Gasteiger partial charge in [-0.05, 0) is 19.1 Å². The van der Waals surface area contributed by atoms with E-state index in [2.05, 4.69) is 13.0 Å². The molecule has 16 heavy (non-hydrogen) atoms. The molecule has 1 aromatic rings. The summed E-state index contributed by atoms with van der Waals surface area (Å²) < 4.78 is 5.63. The summed E-state index contributed by atoms with van der Waals surface area (Å²) in [5.74, 6) is 2.05. The second-order valence-electron chi connectivity index (χ2n) is 4.12. The molecule has 2 heterocycles. The largest absolute Gasteiger partial charge is 0.488 e. The van der Waals surface area contributed by atoms with Crippen LogP contribution in [-0.2, 0) is 4.79 Å². The summed E-state index contributed by atoms with van der Waals surface area (Å²) in [4.78, 5) is 12.9. The first-order chi connectivity index (χ1) is 7.75. The lowest BCUT2D eigenvalue weighted by molar-refractivity contribution is -0.115. The normalized spacial score (nSPS) is 18.9. The number of benzene rings is 1. The van der Waals surface area contributed by atoms with E-state index in [0.717, 1.165) is 27.5 Å². The van der Waals surface area contributed by atoms with E-state index in [1.807, 2.05) is 12.1 Å². The van der Waals surface area contributed by atoms with E-state index in [0.29, 0.717) is 13.0 Å². The molecule has 0 spiro atoms. The van der Waals surface area contributed by atoms with Crippen molar-refractivity contribution in [3.63, 3.8) is 0 Å². The van der Waals surface area contributed by atoms with Gasteiger partial charge in [-0.25, -0.2) is 0 Å². The van der Waals surface area contributed by atoms with E-state index >= 15 is 0 Å². The molecule has 2 aliphatic rings. The summed E-state index contributed by atoms with van der Waals surface area (Å²) in [6.45, 7) is 2.50. The highest BCUT2D eigenvalue weighted by atomic mass is 32.2. The van der Waals surface area contributed by atoms with Crippen LogP contribution in [-0.4, -0.2) is 18.1 Å². The third-order valence-corrected chi connectivity index (χ3v) is 4.10. The van der Waals surface area contributed by atoms with Gasteiger partial charge in [0.15, 0.2) is 5.78 Å². The van der Waals surface area contributed by atoms with Crippen LogP contribution in [0, 0.1) is 6.92 Å². The maximum atomic E-state index is 11.8. The van der Waals surface area contributed by atoms with Crippen LogP contribution in [0.25, 0.3) is 4.91 Å². The third-order valence-electron chi connectivity index (χ3n) is 2.94. The van der Waals surface area contributed by atoms with Crippen molar-refractivity contribution in [3.05, 3.63) is 34.9 Å². The lowest BCUT2D eigenvalue weighted by atomic mass is 10.0. The zero-order valence-corrected chi connectivity index (χ0v) is 9.89. The number of Topliss-reactive ketones (excluding diaryl/α,β-unsaturated/α-hetero) is 1. The Bertz CT molecular complexity index is 503. The van der Waals surface area contributed by atoms with Crippen LogP contribution in [0.15, 0.2) is 23.8 Å². The van der Waals surface area contributed by atoms with Crippen molar-refractivity contribution in [1.29, 1.82) is 0 Å². The number of hydrogen-bond donors (Lipinski definition) is 0. The van der Waals surface area contributed by atoms with E-state index in [4.69, 9.17) is 4.74 Å². The minimum Gasteiger partial charge on any atom is -0.488 e. The summed E-state index contributed by atoms with van der Waals surface area (Å²) in [6, 6.07) is 6.14. The standard InChI is InChI=1S/C13H12O2S/c1-8-2-3-12-9(6-8)13-10(7-15-12)11(14)4-5-16-13/h2-3,6H,4-5,7H2,1H3. The molecule has 0 bridgehead atoms. The molecule has 82 valence electrons. The number of aryl methyl sites for hydroxylation is 1. The maximum Gasteiger partial charge on any atom is 0.164 e. The van der Waals surface area contributed by atoms with Crippen LogP contribution in [0.4, 0.5) is 0 Å². The molecule has 3 rings (SSSR count). The smallest absolute Gasteiger partial charge is 0.164 e. The van der Waals surface area contributed by atoms with Crippen LogP contribution in [0.5, 0.6) is 5.75 Å². The predicted molar refractivity (Wildman–Crippen MR) is 65.7 cm³/mol. The molecule has 0 aromatic heterocycles. The molecular weight excluding hydrogens is 220 g/mol. The van der Waals surface area contributed by atoms with Crippen molar-refractivity contribution in [1.82, 2.24) is 0 Å². The number of rotatable bonds is 0. The van der Waals surface area contributed by atoms with Crippen LogP contribution < -0.4 is 4.74 Å². The molecule has 1 aromatic carbocycles. The Hall–Kier alpha value is -1.22. The number of ketones is 1. The number of carbonyl (C=O) groups excluding carboxylic acids is 1. The summed E-state index contributed by atoms with van der Waals surface area (Å²) in [5, 5.41) is 0. The van der Waals surface area contributed by atoms with Gasteiger partial charge in [-0.15, -0.1) is 11.8 Å². The zero-order valence-electron chi connectivity index (χ0n) is 9.08. The highest BCUT2D eigenvalue weighted by molar-refractivity contribution is 8.08. The molecule has 2 nitrogen and oxygen atoms in total. The first-order valence-corrected chi connectivity index (χ1v) is 6.37. The summed E-state index contributed by atoms with van der Waals surface area (Å²) >= 11 is 1.78. The van der Waals surface area contributed by atoms with Crippen molar-refractivity contribution in [2.24, 2.45) is 0 Å². The molecule has 0 fully saturated rings. The number of thioether (sulfide) groups is 1. The van der Waals surface area contributed by atoms with Crippen LogP contribution in [0.3, 0.4) is 0 Å². The first kappa shape index (κ1) is 9.97. The second-order valence-corrected chi connectivity index (χ2v) is 5.22. The molecule has 0 N–H and O–H groups in total. The van der Waals surface area contributed by atoms with Crippen molar-refractivity contribution >= 4 is 22.5 Å². The summed E-state index contributed by atoms with van der Waals surface area (Å²) in [7, 11) is 0. The minimum atomic E-state index is 0.251. The van der Waals surface area contributed by atoms with Gasteiger partial charge in [-0.2, -0.15) is 0 Å². The minimum absolute atomic E-state index is 0.251. The van der Waals surface area contributed by atoms with Gasteiger partial charge in [-0.3, -0.25) is 4.79 Å². The SMILES string of the molecule is Cc1ccc2c(c1)C1=C(CO2)C(=O)CCS1. The fourth-order valence-electron chi connectivity index (χ4n) is 2.09. The number of hydrogen-bond acceptors (Lipinski definition) is 3. The summed E-state index contributed by atoms with van der Waals surface area (Å²) in [6.07, 6.45) is 0.647. The Morgan fingerprint density at radius 2 is 2.25 bits per heavy atom. The van der Waals surface area contributed by atoms with Gasteiger partial charge in [0.2, 0.25) is 0 Å². The van der Waals surface area contributed by atoms with Gasteiger partial charge in [0, 0.05) is 28.2 Å². The summed E-state index contributed by atoms with van der Waals surface area (Å²) in [5.41, 5.74) is 3.17. The molecule has 2 aliphatic heterocycles. The highest BCUT2D eigenvalue weighted by Crippen LogP contribution is 2.43. The molecule has 0 saturated carbocycles. The lowest BCUT2D eigenvalue weighted by Crippen LogP contribution is -2.20. The number of ether oxygens (including phenoxy) is 1. The third kappa shape index (κ3) is 1.47. The molecule has 0 radical (unpaired) electrons. The highest BCUT2D eigenvalue weighted by Gasteiger charge is 2.28. The van der Waals surface area contributed by atoms with Gasteiger partial charge < -0.3 is 4.74 Å². The van der Waals surface area contributed by atoms with E-state index in [-0.39, 0.29) is 5.78 Å². The first-order valence-electron chi connectivity index (χ1n) is 5.38. The molecular formula is C13H12O2S. The Balaban J connectivity index is 2.19. The molecule has 3 heteroatoms. The van der Waals surface area contributed by atoms with Gasteiger partial charge in [-0.1, -0.05) is 11.6 Å². The molecule has 0 amide bonds. The topological polar surface area (TPSA) is 26.3 Å². The molecule has 0 aliphatic carbocycles. The zero-order chi connectivity index (χ0) is 11.1. The fourth-order valence-corrected chi connectivity index (χ4v) is 3.25. The molecule has 0 atom stereocenters. The number of fused-ring (bicyclic) bond motifs is 2. The van der Waals surface area contributed by atoms with Gasteiger partial charge >= 0.3 is 0 Å². The Kier molecular flexibility index (Phi) is 2.28. The quantitative estimate of drug-likeness (QED) is 0.688. The van der Waals surface area contributed by atoms with Crippen molar-refractivity contribution in [2.75, 3.05) is 12.4 Å². The monoisotopic (exact) mass is 232 g/mol. The average Bonchev–Trinajstić information content (AvgIpc) is 2.29. The van der Waals surface area contributed by atoms with E-state index in [1.165, 1.54) is 5.56 Å². The Morgan fingerprint density at radius 3 is 3.12 bits per heavy atom. The van der Waals surface area contributed by atoms with Crippen molar-refractivity contribution in [3.8, 4) is 5.75 Å². The van der Waals surface area contributed by atoms with Gasteiger partial charge in [0.1, 0.15) is 12.4 Å². The van der Waals surface area contributed by atoms with E-state index < -0.39 is 0 Å². The fraction of sp³-hybridized carbons (Fsp3) is 0.308. The number of carbonyl (C=O) groups is 1. The second kappa shape index (κ2) is 3.67. The maximum absolute atomic E-state index is 11.8. The lowest BCUT2D eigenvalue weighted by Gasteiger charge is -2.26. The Labute approximate surface area is 98.7 Å². The van der Waals surface area contributed by atoms with Gasteiger partial charge in [0.05, 0.1) is 0 Å². The average molecular weight is 232 g/mol. The van der Waals surface area contributed by atoms with Crippen molar-refractivity contribution in [2.45, 2.75) is 13.3 Å². The molecule has 0 unspecified atom stereocenters. The predicted octanol–water partition coefficient (Wildman–Crippen LogP) is 2.80. The van der Waals surface area contributed by atoms with E-state index in [9.17, 15) is 4.79 Å². The van der Waals surface area contributed by atoms with Crippen molar-refractivity contribution < 1.29 is 9.53 Å². The van der Waals surface area contributed by atoms with Crippen LogP contribution in [0.1, 0.15) is 17.5 Å². The van der Waals surface area contributed by atoms with Crippen LogP contribution >= 0.6 is 11.8 Å². The Morgan fingerprint density at radius 1 is 1.38 bits per heavy atom.